The number of hydrogen-bond donors (Lipinski definition) is 0. The van der Waals surface area contributed by atoms with Crippen LogP contribution in [0.15, 0.2) is 30.5 Å². The van der Waals surface area contributed by atoms with Gasteiger partial charge in [0.1, 0.15) is 0 Å². The highest BCUT2D eigenvalue weighted by Gasteiger charge is 2.27. The number of nitro groups is 1. The topological polar surface area (TPSA) is 93.9 Å². The molecular weight excluding hydrogens is 338 g/mol. The fourth-order valence-electron chi connectivity index (χ4n) is 3.29. The molecule has 2 aliphatic heterocycles. The van der Waals surface area contributed by atoms with Gasteiger partial charge < -0.3 is 24.5 Å². The van der Waals surface area contributed by atoms with E-state index in [2.05, 4.69) is 27.9 Å². The third-order valence-electron chi connectivity index (χ3n) is 4.84. The van der Waals surface area contributed by atoms with Gasteiger partial charge in [0.05, 0.1) is 6.07 Å². The Labute approximate surface area is 150 Å². The van der Waals surface area contributed by atoms with E-state index in [1.165, 1.54) is 17.8 Å². The van der Waals surface area contributed by atoms with Crippen LogP contribution in [0.5, 0.6) is 11.5 Å². The Hall–Kier alpha value is -2.94. The normalized spacial score (nSPS) is 18.0. The highest BCUT2D eigenvalue weighted by molar-refractivity contribution is 5.45. The Morgan fingerprint density at radius 3 is 2.69 bits per heavy atom. The second kappa shape index (κ2) is 6.75. The van der Waals surface area contributed by atoms with Gasteiger partial charge in [-0.25, -0.2) is 0 Å². The summed E-state index contributed by atoms with van der Waals surface area (Å²) in [5, 5.41) is 10.9. The SMILES string of the molecule is C[C@@H](c1ccc2c(c1)OCO2)N1CCN(c2nccc([N+](=O)[O-])n2)CC1. The van der Waals surface area contributed by atoms with Gasteiger partial charge in [0.15, 0.2) is 11.5 Å². The summed E-state index contributed by atoms with van der Waals surface area (Å²) >= 11 is 0. The van der Waals surface area contributed by atoms with Crippen molar-refractivity contribution in [1.82, 2.24) is 14.9 Å². The third kappa shape index (κ3) is 3.13. The largest absolute Gasteiger partial charge is 0.454 e. The molecule has 0 amide bonds. The molecule has 0 radical (unpaired) electrons. The molecule has 0 unspecified atom stereocenters. The molecule has 2 aliphatic rings. The van der Waals surface area contributed by atoms with Gasteiger partial charge in [0.2, 0.25) is 6.79 Å². The maximum Gasteiger partial charge on any atom is 0.369 e. The summed E-state index contributed by atoms with van der Waals surface area (Å²) in [6.07, 6.45) is 1.43. The van der Waals surface area contributed by atoms with Crippen LogP contribution in [0, 0.1) is 10.1 Å². The molecule has 2 aromatic rings. The lowest BCUT2D eigenvalue weighted by Gasteiger charge is -2.37. The first-order chi connectivity index (χ1) is 12.6. The minimum absolute atomic E-state index is 0.175. The van der Waals surface area contributed by atoms with Crippen LogP contribution in [0.4, 0.5) is 11.8 Å². The molecule has 0 N–H and O–H groups in total. The van der Waals surface area contributed by atoms with Gasteiger partial charge in [-0.1, -0.05) is 6.07 Å². The van der Waals surface area contributed by atoms with Gasteiger partial charge in [0, 0.05) is 43.4 Å². The summed E-state index contributed by atoms with van der Waals surface area (Å²) in [6.45, 7) is 5.52. The first-order valence-electron chi connectivity index (χ1n) is 8.48. The molecular formula is C17H19N5O4. The van der Waals surface area contributed by atoms with Crippen molar-refractivity contribution in [3.63, 3.8) is 0 Å². The molecule has 4 rings (SSSR count). The lowest BCUT2D eigenvalue weighted by Crippen LogP contribution is -2.47. The van der Waals surface area contributed by atoms with Crippen LogP contribution in [0.3, 0.4) is 0 Å². The van der Waals surface area contributed by atoms with Crippen molar-refractivity contribution < 1.29 is 14.4 Å². The molecule has 1 aromatic heterocycles. The van der Waals surface area contributed by atoms with Crippen molar-refractivity contribution in [2.75, 3.05) is 37.9 Å². The smallest absolute Gasteiger partial charge is 0.369 e. The molecule has 136 valence electrons. The fourth-order valence-corrected chi connectivity index (χ4v) is 3.29. The van der Waals surface area contributed by atoms with E-state index in [9.17, 15) is 10.1 Å². The summed E-state index contributed by atoms with van der Waals surface area (Å²) in [6, 6.07) is 7.58. The molecule has 0 aliphatic carbocycles. The molecule has 1 fully saturated rings. The van der Waals surface area contributed by atoms with Gasteiger partial charge in [-0.3, -0.25) is 4.90 Å². The van der Waals surface area contributed by atoms with Gasteiger partial charge in [-0.2, -0.15) is 4.98 Å². The monoisotopic (exact) mass is 357 g/mol. The van der Waals surface area contributed by atoms with Crippen molar-refractivity contribution in [1.29, 1.82) is 0 Å². The molecule has 26 heavy (non-hydrogen) atoms. The minimum Gasteiger partial charge on any atom is -0.454 e. The van der Waals surface area contributed by atoms with E-state index in [4.69, 9.17) is 9.47 Å². The Morgan fingerprint density at radius 1 is 1.15 bits per heavy atom. The van der Waals surface area contributed by atoms with Gasteiger partial charge in [-0.15, -0.1) is 0 Å². The molecule has 0 saturated carbocycles. The lowest BCUT2D eigenvalue weighted by atomic mass is 10.1. The number of ether oxygens (including phenoxy) is 2. The van der Waals surface area contributed by atoms with E-state index in [0.29, 0.717) is 5.95 Å². The van der Waals surface area contributed by atoms with E-state index in [1.54, 1.807) is 0 Å². The first kappa shape index (κ1) is 16.5. The second-order valence-corrected chi connectivity index (χ2v) is 6.28. The maximum absolute atomic E-state index is 10.9. The average molecular weight is 357 g/mol. The molecule has 0 spiro atoms. The average Bonchev–Trinajstić information content (AvgIpc) is 3.15. The molecule has 1 atom stereocenters. The number of hydrogen-bond acceptors (Lipinski definition) is 8. The predicted molar refractivity (Wildman–Crippen MR) is 93.5 cm³/mol. The number of benzene rings is 1. The van der Waals surface area contributed by atoms with Gasteiger partial charge >= 0.3 is 11.8 Å². The highest BCUT2D eigenvalue weighted by atomic mass is 16.7. The number of nitrogens with zero attached hydrogens (tertiary/aromatic N) is 5. The van der Waals surface area contributed by atoms with Crippen LogP contribution in [-0.4, -0.2) is 52.8 Å². The summed E-state index contributed by atoms with van der Waals surface area (Å²) in [5.74, 6) is 1.81. The van der Waals surface area contributed by atoms with Crippen LogP contribution in [0.1, 0.15) is 18.5 Å². The summed E-state index contributed by atoms with van der Waals surface area (Å²) in [4.78, 5) is 22.9. The van der Waals surface area contributed by atoms with Gasteiger partial charge in [-0.05, 0) is 29.5 Å². The number of fused-ring (bicyclic) bond motifs is 1. The van der Waals surface area contributed by atoms with Crippen LogP contribution in [-0.2, 0) is 0 Å². The molecule has 0 bridgehead atoms. The van der Waals surface area contributed by atoms with Crippen LogP contribution >= 0.6 is 0 Å². The van der Waals surface area contributed by atoms with Crippen LogP contribution in [0.2, 0.25) is 0 Å². The highest BCUT2D eigenvalue weighted by Crippen LogP contribution is 2.35. The van der Waals surface area contributed by atoms with Crippen molar-refractivity contribution in [2.45, 2.75) is 13.0 Å². The summed E-state index contributed by atoms with van der Waals surface area (Å²) < 4.78 is 10.8. The Morgan fingerprint density at radius 2 is 1.92 bits per heavy atom. The zero-order valence-electron chi connectivity index (χ0n) is 14.4. The quantitative estimate of drug-likeness (QED) is 0.606. The zero-order chi connectivity index (χ0) is 18.1. The Bertz CT molecular complexity index is 823. The number of aromatic nitrogens is 2. The molecule has 9 heteroatoms. The van der Waals surface area contributed by atoms with Crippen molar-refractivity contribution in [3.05, 3.63) is 46.1 Å². The summed E-state index contributed by atoms with van der Waals surface area (Å²) in [7, 11) is 0. The third-order valence-corrected chi connectivity index (χ3v) is 4.84. The number of rotatable bonds is 4. The van der Waals surface area contributed by atoms with Crippen molar-refractivity contribution >= 4 is 11.8 Å². The standard InChI is InChI=1S/C17H19N5O4/c1-12(13-2-3-14-15(10-13)26-11-25-14)20-6-8-21(9-7-20)17-18-5-4-16(19-17)22(23)24/h2-5,10,12H,6-9,11H2,1H3/t12-/m0/s1. The second-order valence-electron chi connectivity index (χ2n) is 6.28. The lowest BCUT2D eigenvalue weighted by molar-refractivity contribution is -0.389. The van der Waals surface area contributed by atoms with E-state index in [1.807, 2.05) is 17.0 Å². The van der Waals surface area contributed by atoms with E-state index in [0.717, 1.165) is 37.7 Å². The van der Waals surface area contributed by atoms with Crippen LogP contribution < -0.4 is 14.4 Å². The molecule has 1 saturated heterocycles. The van der Waals surface area contributed by atoms with Crippen molar-refractivity contribution in [2.24, 2.45) is 0 Å². The Balaban J connectivity index is 1.42. The minimum atomic E-state index is -0.497. The Kier molecular flexibility index (Phi) is 4.29. The van der Waals surface area contributed by atoms with E-state index >= 15 is 0 Å². The van der Waals surface area contributed by atoms with Crippen LogP contribution in [0.25, 0.3) is 0 Å². The fraction of sp³-hybridized carbons (Fsp3) is 0.412. The maximum atomic E-state index is 10.9. The number of piperazine rings is 1. The zero-order valence-corrected chi connectivity index (χ0v) is 14.4. The predicted octanol–water partition coefficient (Wildman–Crippen LogP) is 2.00. The van der Waals surface area contributed by atoms with E-state index < -0.39 is 4.92 Å². The summed E-state index contributed by atoms with van der Waals surface area (Å²) in [5.41, 5.74) is 1.18. The molecule has 1 aromatic carbocycles. The van der Waals surface area contributed by atoms with Crippen molar-refractivity contribution in [3.8, 4) is 11.5 Å². The van der Waals surface area contributed by atoms with Gasteiger partial charge in [0.25, 0.3) is 0 Å². The first-order valence-corrected chi connectivity index (χ1v) is 8.48. The number of anilines is 1. The van der Waals surface area contributed by atoms with E-state index in [-0.39, 0.29) is 18.7 Å². The molecule has 3 heterocycles. The molecule has 9 nitrogen and oxygen atoms in total.